The average Bonchev–Trinajstić information content (AvgIpc) is 3.38. The monoisotopic (exact) mass is 411 g/mol. The van der Waals surface area contributed by atoms with Crippen molar-refractivity contribution in [1.29, 1.82) is 0 Å². The Balaban J connectivity index is 1.51. The van der Waals surface area contributed by atoms with E-state index in [2.05, 4.69) is 25.3 Å². The van der Waals surface area contributed by atoms with Crippen molar-refractivity contribution in [3.8, 4) is 34.3 Å². The molecular formula is C18H17N7O3S. The molecule has 0 aliphatic heterocycles. The molecule has 0 radical (unpaired) electrons. The summed E-state index contributed by atoms with van der Waals surface area (Å²) < 4.78 is 17.5. The van der Waals surface area contributed by atoms with Crippen LogP contribution in [0.2, 0.25) is 0 Å². The third kappa shape index (κ3) is 3.72. The van der Waals surface area contributed by atoms with Crippen molar-refractivity contribution in [3.63, 3.8) is 0 Å². The molecule has 1 aromatic carbocycles. The Kier molecular flexibility index (Phi) is 5.29. The summed E-state index contributed by atoms with van der Waals surface area (Å²) in [4.78, 5) is 8.50. The van der Waals surface area contributed by atoms with Gasteiger partial charge in [0.1, 0.15) is 0 Å². The molecule has 0 fully saturated rings. The van der Waals surface area contributed by atoms with Gasteiger partial charge in [0, 0.05) is 18.0 Å². The first-order valence-electron chi connectivity index (χ1n) is 8.49. The minimum absolute atomic E-state index is 0.377. The number of nitrogen functional groups attached to an aromatic ring is 1. The zero-order valence-electron chi connectivity index (χ0n) is 15.6. The van der Waals surface area contributed by atoms with Crippen molar-refractivity contribution in [2.24, 2.45) is 0 Å². The zero-order chi connectivity index (χ0) is 20.2. The quantitative estimate of drug-likeness (QED) is 0.358. The van der Waals surface area contributed by atoms with Crippen LogP contribution in [0.15, 0.2) is 52.4 Å². The number of benzene rings is 1. The fourth-order valence-electron chi connectivity index (χ4n) is 2.68. The average molecular weight is 411 g/mol. The molecule has 0 unspecified atom stereocenters. The first-order valence-corrected chi connectivity index (χ1v) is 9.47. The maximum Gasteiger partial charge on any atom is 0.237 e. The van der Waals surface area contributed by atoms with Crippen LogP contribution < -0.4 is 15.3 Å². The summed E-state index contributed by atoms with van der Waals surface area (Å²) in [5.74, 6) is 8.96. The molecular weight excluding hydrogens is 394 g/mol. The van der Waals surface area contributed by atoms with Gasteiger partial charge in [0.2, 0.25) is 16.9 Å². The number of pyridine rings is 1. The maximum atomic E-state index is 6.11. The van der Waals surface area contributed by atoms with Gasteiger partial charge in [0.25, 0.3) is 0 Å². The highest BCUT2D eigenvalue weighted by Crippen LogP contribution is 2.36. The summed E-state index contributed by atoms with van der Waals surface area (Å²) in [7, 11) is 3.13. The standard InChI is InChI=1S/C18H17N7O3S/c1-26-13-7-3-6-12(15(13)27-2)16-21-14(28-24-16)10-29-18-23-22-17(25(18)19)11-5-4-8-20-9-11/h3-9H,10,19H2,1-2H3. The van der Waals surface area contributed by atoms with Crippen LogP contribution in [0.5, 0.6) is 11.5 Å². The smallest absolute Gasteiger partial charge is 0.237 e. The van der Waals surface area contributed by atoms with E-state index in [-0.39, 0.29) is 0 Å². The molecule has 148 valence electrons. The van der Waals surface area contributed by atoms with Crippen molar-refractivity contribution >= 4 is 11.8 Å². The molecule has 0 spiro atoms. The second-order valence-corrected chi connectivity index (χ2v) is 6.70. The van der Waals surface area contributed by atoms with Crippen LogP contribution in [0.3, 0.4) is 0 Å². The van der Waals surface area contributed by atoms with Crippen LogP contribution in [-0.2, 0) is 5.75 Å². The Bertz CT molecular complexity index is 1110. The van der Waals surface area contributed by atoms with E-state index in [1.807, 2.05) is 24.3 Å². The lowest BCUT2D eigenvalue weighted by Gasteiger charge is -2.09. The third-order valence-corrected chi connectivity index (χ3v) is 4.95. The van der Waals surface area contributed by atoms with Crippen LogP contribution in [0.4, 0.5) is 0 Å². The predicted molar refractivity (Wildman–Crippen MR) is 106 cm³/mol. The molecule has 2 N–H and O–H groups in total. The van der Waals surface area contributed by atoms with Crippen molar-refractivity contribution in [2.75, 3.05) is 20.1 Å². The van der Waals surface area contributed by atoms with E-state index in [9.17, 15) is 0 Å². The van der Waals surface area contributed by atoms with Crippen molar-refractivity contribution < 1.29 is 14.0 Å². The Morgan fingerprint density at radius 1 is 1.14 bits per heavy atom. The van der Waals surface area contributed by atoms with Gasteiger partial charge < -0.3 is 19.8 Å². The minimum atomic E-state index is 0.377. The number of hydrogen-bond donors (Lipinski definition) is 1. The zero-order valence-corrected chi connectivity index (χ0v) is 16.5. The largest absolute Gasteiger partial charge is 0.493 e. The normalized spacial score (nSPS) is 10.8. The molecule has 29 heavy (non-hydrogen) atoms. The number of thioether (sulfide) groups is 1. The minimum Gasteiger partial charge on any atom is -0.493 e. The van der Waals surface area contributed by atoms with Gasteiger partial charge >= 0.3 is 0 Å². The first-order chi connectivity index (χ1) is 14.2. The van der Waals surface area contributed by atoms with E-state index < -0.39 is 0 Å². The highest BCUT2D eigenvalue weighted by molar-refractivity contribution is 7.98. The number of para-hydroxylation sites is 1. The number of hydrogen-bond acceptors (Lipinski definition) is 10. The van der Waals surface area contributed by atoms with E-state index >= 15 is 0 Å². The van der Waals surface area contributed by atoms with Gasteiger partial charge in [0.05, 0.1) is 25.5 Å². The molecule has 11 heteroatoms. The van der Waals surface area contributed by atoms with Crippen molar-refractivity contribution in [1.82, 2.24) is 30.0 Å². The van der Waals surface area contributed by atoms with Gasteiger partial charge in [-0.1, -0.05) is 23.0 Å². The Hall–Kier alpha value is -3.60. The van der Waals surface area contributed by atoms with E-state index in [4.69, 9.17) is 19.8 Å². The van der Waals surface area contributed by atoms with Crippen LogP contribution in [-0.4, -0.2) is 44.2 Å². The number of aromatic nitrogens is 6. The van der Waals surface area contributed by atoms with Crippen molar-refractivity contribution in [2.45, 2.75) is 10.9 Å². The van der Waals surface area contributed by atoms with Crippen LogP contribution >= 0.6 is 11.8 Å². The molecule has 0 aliphatic rings. The first kappa shape index (κ1) is 18.7. The van der Waals surface area contributed by atoms with Gasteiger partial charge in [-0.15, -0.1) is 10.2 Å². The number of ether oxygens (including phenoxy) is 2. The second-order valence-electron chi connectivity index (χ2n) is 5.76. The van der Waals surface area contributed by atoms with Gasteiger partial charge in [0.15, 0.2) is 17.3 Å². The summed E-state index contributed by atoms with van der Waals surface area (Å²) in [5, 5.41) is 12.8. The van der Waals surface area contributed by atoms with E-state index in [0.29, 0.717) is 45.5 Å². The fraction of sp³-hybridized carbons (Fsp3) is 0.167. The molecule has 0 amide bonds. The van der Waals surface area contributed by atoms with Crippen LogP contribution in [0.1, 0.15) is 5.89 Å². The predicted octanol–water partition coefficient (Wildman–Crippen LogP) is 2.41. The molecule has 0 saturated heterocycles. The maximum absolute atomic E-state index is 6.11. The van der Waals surface area contributed by atoms with Crippen LogP contribution in [0.25, 0.3) is 22.8 Å². The topological polar surface area (TPSA) is 127 Å². The molecule has 3 aromatic heterocycles. The summed E-state index contributed by atoms with van der Waals surface area (Å²) in [6.45, 7) is 0. The van der Waals surface area contributed by atoms with E-state index in [1.54, 1.807) is 32.7 Å². The van der Waals surface area contributed by atoms with Gasteiger partial charge in [-0.3, -0.25) is 4.98 Å². The van der Waals surface area contributed by atoms with Gasteiger partial charge in [-0.05, 0) is 24.3 Å². The molecule has 0 bridgehead atoms. The Labute approximate surface area is 170 Å². The highest BCUT2D eigenvalue weighted by atomic mass is 32.2. The molecule has 0 atom stereocenters. The summed E-state index contributed by atoms with van der Waals surface area (Å²) in [6, 6.07) is 9.13. The lowest BCUT2D eigenvalue weighted by atomic mass is 10.2. The number of nitrogens with two attached hydrogens (primary N) is 1. The fourth-order valence-corrected chi connectivity index (χ4v) is 3.37. The van der Waals surface area contributed by atoms with Gasteiger partial charge in [-0.2, -0.15) is 4.98 Å². The van der Waals surface area contributed by atoms with E-state index in [1.165, 1.54) is 16.4 Å². The summed E-state index contributed by atoms with van der Waals surface area (Å²) in [5.41, 5.74) is 1.45. The second kappa shape index (κ2) is 8.19. The Morgan fingerprint density at radius 2 is 2.03 bits per heavy atom. The molecule has 0 aliphatic carbocycles. The molecule has 10 nitrogen and oxygen atoms in total. The number of rotatable bonds is 7. The number of methoxy groups -OCH3 is 2. The Morgan fingerprint density at radius 3 is 2.79 bits per heavy atom. The molecule has 4 rings (SSSR count). The van der Waals surface area contributed by atoms with E-state index in [0.717, 1.165) is 5.56 Å². The SMILES string of the molecule is COc1cccc(-c2noc(CSc3nnc(-c4cccnc4)n3N)n2)c1OC. The number of nitrogens with zero attached hydrogens (tertiary/aromatic N) is 6. The lowest BCUT2D eigenvalue weighted by Crippen LogP contribution is -2.11. The lowest BCUT2D eigenvalue weighted by molar-refractivity contribution is 0.355. The van der Waals surface area contributed by atoms with Gasteiger partial charge in [-0.25, -0.2) is 4.68 Å². The summed E-state index contributed by atoms with van der Waals surface area (Å²) >= 11 is 1.33. The highest BCUT2D eigenvalue weighted by Gasteiger charge is 2.18. The molecule has 0 saturated carbocycles. The van der Waals surface area contributed by atoms with Crippen molar-refractivity contribution in [3.05, 3.63) is 48.6 Å². The third-order valence-electron chi connectivity index (χ3n) is 4.02. The van der Waals surface area contributed by atoms with Crippen LogP contribution in [0, 0.1) is 0 Å². The molecule has 4 aromatic rings. The molecule has 3 heterocycles. The summed E-state index contributed by atoms with van der Waals surface area (Å²) in [6.07, 6.45) is 3.36.